The van der Waals surface area contributed by atoms with Crippen molar-refractivity contribution in [2.24, 2.45) is 18.9 Å². The van der Waals surface area contributed by atoms with Crippen molar-refractivity contribution in [3.63, 3.8) is 0 Å². The highest BCUT2D eigenvalue weighted by molar-refractivity contribution is 5.70. The Morgan fingerprint density at radius 1 is 1.56 bits per heavy atom. The van der Waals surface area contributed by atoms with Gasteiger partial charge in [-0.25, -0.2) is 0 Å². The number of aryl methyl sites for hydroxylation is 2. The second-order valence-electron chi connectivity index (χ2n) is 5.21. The average molecular weight is 253 g/mol. The van der Waals surface area contributed by atoms with Crippen molar-refractivity contribution in [2.45, 2.75) is 33.7 Å². The zero-order valence-corrected chi connectivity index (χ0v) is 11.6. The Kier molecular flexibility index (Phi) is 5.34. The molecule has 2 N–H and O–H groups in total. The van der Waals surface area contributed by atoms with Crippen LogP contribution < -0.4 is 5.32 Å². The molecule has 0 amide bonds. The molecular formula is C13H23N3O2. The lowest BCUT2D eigenvalue weighted by Crippen LogP contribution is -2.29. The normalized spacial score (nSPS) is 12.9. The summed E-state index contributed by atoms with van der Waals surface area (Å²) in [5.41, 5.74) is 2.10. The molecule has 0 radical (unpaired) electrons. The number of nitrogens with one attached hydrogen (secondary N) is 1. The summed E-state index contributed by atoms with van der Waals surface area (Å²) in [6.45, 7) is 7.21. The molecule has 102 valence electrons. The van der Waals surface area contributed by atoms with E-state index < -0.39 is 5.97 Å². The Morgan fingerprint density at radius 3 is 2.67 bits per heavy atom. The maximum Gasteiger partial charge on any atom is 0.307 e. The minimum atomic E-state index is -0.723. The Hall–Kier alpha value is -1.36. The fraction of sp³-hybridized carbons (Fsp3) is 0.692. The van der Waals surface area contributed by atoms with Gasteiger partial charge in [-0.15, -0.1) is 0 Å². The summed E-state index contributed by atoms with van der Waals surface area (Å²) in [7, 11) is 1.88. The van der Waals surface area contributed by atoms with E-state index in [9.17, 15) is 4.79 Å². The second-order valence-corrected chi connectivity index (χ2v) is 5.21. The monoisotopic (exact) mass is 253 g/mol. The number of carboxylic acid groups (broad SMARTS) is 1. The fourth-order valence-electron chi connectivity index (χ4n) is 2.04. The molecular weight excluding hydrogens is 230 g/mol. The molecule has 0 fully saturated rings. The molecule has 0 saturated heterocycles. The molecule has 0 saturated carbocycles. The van der Waals surface area contributed by atoms with Crippen LogP contribution in [0.3, 0.4) is 0 Å². The molecule has 1 heterocycles. The predicted molar refractivity (Wildman–Crippen MR) is 70.2 cm³/mol. The summed E-state index contributed by atoms with van der Waals surface area (Å²) in [6, 6.07) is 0. The van der Waals surface area contributed by atoms with Gasteiger partial charge >= 0.3 is 5.97 Å². The standard InChI is InChI=1S/C13H23N3O2/c1-9(2)5-11(13(17)18)6-14-7-12-8-16(4)15-10(12)3/h8-9,11,14H,5-7H2,1-4H3,(H,17,18). The second kappa shape index (κ2) is 6.54. The third-order valence-corrected chi connectivity index (χ3v) is 2.93. The summed E-state index contributed by atoms with van der Waals surface area (Å²) in [6.07, 6.45) is 2.66. The van der Waals surface area contributed by atoms with Crippen LogP contribution in [0.2, 0.25) is 0 Å². The molecule has 1 rings (SSSR count). The van der Waals surface area contributed by atoms with E-state index in [4.69, 9.17) is 5.11 Å². The summed E-state index contributed by atoms with van der Waals surface area (Å²) < 4.78 is 1.77. The molecule has 5 nitrogen and oxygen atoms in total. The fourth-order valence-corrected chi connectivity index (χ4v) is 2.04. The number of hydrogen-bond donors (Lipinski definition) is 2. The third kappa shape index (κ3) is 4.49. The Labute approximate surface area is 108 Å². The lowest BCUT2D eigenvalue weighted by molar-refractivity contribution is -0.142. The van der Waals surface area contributed by atoms with Crippen molar-refractivity contribution >= 4 is 5.97 Å². The lowest BCUT2D eigenvalue weighted by Gasteiger charge is -2.15. The van der Waals surface area contributed by atoms with Crippen LogP contribution in [0, 0.1) is 18.8 Å². The van der Waals surface area contributed by atoms with Crippen LogP contribution in [0.25, 0.3) is 0 Å². The van der Waals surface area contributed by atoms with E-state index in [0.717, 1.165) is 11.3 Å². The van der Waals surface area contributed by atoms with Crippen molar-refractivity contribution in [1.82, 2.24) is 15.1 Å². The van der Waals surface area contributed by atoms with E-state index in [0.29, 0.717) is 25.4 Å². The van der Waals surface area contributed by atoms with E-state index in [-0.39, 0.29) is 5.92 Å². The van der Waals surface area contributed by atoms with Gasteiger partial charge in [0.25, 0.3) is 0 Å². The van der Waals surface area contributed by atoms with Gasteiger partial charge < -0.3 is 10.4 Å². The molecule has 0 spiro atoms. The smallest absolute Gasteiger partial charge is 0.307 e. The number of aromatic nitrogens is 2. The third-order valence-electron chi connectivity index (χ3n) is 2.93. The predicted octanol–water partition coefficient (Wildman–Crippen LogP) is 1.57. The van der Waals surface area contributed by atoms with Gasteiger partial charge in [0.1, 0.15) is 0 Å². The van der Waals surface area contributed by atoms with Gasteiger partial charge in [0.05, 0.1) is 11.6 Å². The maximum absolute atomic E-state index is 11.1. The number of carbonyl (C=O) groups is 1. The van der Waals surface area contributed by atoms with Gasteiger partial charge in [0.2, 0.25) is 0 Å². The maximum atomic E-state index is 11.1. The minimum Gasteiger partial charge on any atom is -0.481 e. The first-order valence-electron chi connectivity index (χ1n) is 6.32. The summed E-state index contributed by atoms with van der Waals surface area (Å²) in [5.74, 6) is -0.644. The zero-order chi connectivity index (χ0) is 13.7. The molecule has 1 aromatic rings. The van der Waals surface area contributed by atoms with Crippen molar-refractivity contribution in [1.29, 1.82) is 0 Å². The number of hydrogen-bond acceptors (Lipinski definition) is 3. The van der Waals surface area contributed by atoms with Gasteiger partial charge in [0.15, 0.2) is 0 Å². The number of carboxylic acids is 1. The van der Waals surface area contributed by atoms with E-state index in [1.165, 1.54) is 0 Å². The van der Waals surface area contributed by atoms with Crippen LogP contribution in [0.15, 0.2) is 6.20 Å². The number of nitrogens with zero attached hydrogens (tertiary/aromatic N) is 2. The van der Waals surface area contributed by atoms with Crippen LogP contribution in [0.1, 0.15) is 31.5 Å². The molecule has 0 aliphatic carbocycles. The summed E-state index contributed by atoms with van der Waals surface area (Å²) in [5, 5.41) is 16.6. The number of rotatable bonds is 7. The summed E-state index contributed by atoms with van der Waals surface area (Å²) in [4.78, 5) is 11.1. The van der Waals surface area contributed by atoms with Crippen molar-refractivity contribution in [3.05, 3.63) is 17.5 Å². The molecule has 5 heteroatoms. The topological polar surface area (TPSA) is 67.2 Å². The first kappa shape index (κ1) is 14.7. The molecule has 1 unspecified atom stereocenters. The highest BCUT2D eigenvalue weighted by Crippen LogP contribution is 2.11. The van der Waals surface area contributed by atoms with E-state index in [1.54, 1.807) is 4.68 Å². The molecule has 1 aromatic heterocycles. The van der Waals surface area contributed by atoms with Crippen LogP contribution in [-0.4, -0.2) is 27.4 Å². The molecule has 1 atom stereocenters. The first-order valence-corrected chi connectivity index (χ1v) is 6.32. The molecule has 0 bridgehead atoms. The van der Waals surface area contributed by atoms with E-state index in [1.807, 2.05) is 34.0 Å². The molecule has 0 aromatic carbocycles. The van der Waals surface area contributed by atoms with Gasteiger partial charge in [0, 0.05) is 31.9 Å². The highest BCUT2D eigenvalue weighted by Gasteiger charge is 2.18. The lowest BCUT2D eigenvalue weighted by atomic mass is 9.97. The molecule has 0 aliphatic rings. The minimum absolute atomic E-state index is 0.318. The van der Waals surface area contributed by atoms with Gasteiger partial charge in [-0.05, 0) is 19.3 Å². The van der Waals surface area contributed by atoms with Gasteiger partial charge in [-0.3, -0.25) is 9.48 Å². The van der Waals surface area contributed by atoms with Gasteiger partial charge in [-0.2, -0.15) is 5.10 Å². The average Bonchev–Trinajstić information content (AvgIpc) is 2.55. The van der Waals surface area contributed by atoms with Crippen LogP contribution >= 0.6 is 0 Å². The Bertz CT molecular complexity index is 399. The van der Waals surface area contributed by atoms with E-state index in [2.05, 4.69) is 10.4 Å². The van der Waals surface area contributed by atoms with Crippen molar-refractivity contribution in [3.8, 4) is 0 Å². The Morgan fingerprint density at radius 2 is 2.22 bits per heavy atom. The SMILES string of the molecule is Cc1nn(C)cc1CNCC(CC(C)C)C(=O)O. The molecule has 0 aliphatic heterocycles. The quantitative estimate of drug-likeness (QED) is 0.774. The van der Waals surface area contributed by atoms with E-state index >= 15 is 0 Å². The van der Waals surface area contributed by atoms with Crippen molar-refractivity contribution < 1.29 is 9.90 Å². The first-order chi connectivity index (χ1) is 8.40. The molecule has 18 heavy (non-hydrogen) atoms. The van der Waals surface area contributed by atoms with Crippen molar-refractivity contribution in [2.75, 3.05) is 6.54 Å². The van der Waals surface area contributed by atoms with Crippen LogP contribution in [-0.2, 0) is 18.4 Å². The largest absolute Gasteiger partial charge is 0.481 e. The Balaban J connectivity index is 2.43. The van der Waals surface area contributed by atoms with Gasteiger partial charge in [-0.1, -0.05) is 13.8 Å². The van der Waals surface area contributed by atoms with Crippen LogP contribution in [0.5, 0.6) is 0 Å². The number of aliphatic carboxylic acids is 1. The van der Waals surface area contributed by atoms with Crippen LogP contribution in [0.4, 0.5) is 0 Å². The summed E-state index contributed by atoms with van der Waals surface area (Å²) >= 11 is 0. The highest BCUT2D eigenvalue weighted by atomic mass is 16.4. The zero-order valence-electron chi connectivity index (χ0n) is 11.6.